The Kier molecular flexibility index (Phi) is 10.1. The van der Waals surface area contributed by atoms with Gasteiger partial charge in [0.05, 0.1) is 12.3 Å². The number of rotatable bonds is 5. The molecule has 17 heteroatoms. The quantitative estimate of drug-likeness (QED) is 0.176. The fraction of sp³-hybridized carbons (Fsp3) is 0.314. The third kappa shape index (κ3) is 7.25. The van der Waals surface area contributed by atoms with Gasteiger partial charge in [-0.2, -0.15) is 0 Å². The Bertz CT molecular complexity index is 2110. The number of nitrogens with one attached hydrogen (secondary N) is 4. The average molecular weight is 713 g/mol. The van der Waals surface area contributed by atoms with Crippen LogP contribution >= 0.6 is 0 Å². The van der Waals surface area contributed by atoms with Gasteiger partial charge in [0.1, 0.15) is 36.9 Å². The molecule has 5 aromatic rings. The van der Waals surface area contributed by atoms with Gasteiger partial charge in [-0.1, -0.05) is 71.0 Å². The first kappa shape index (κ1) is 35.5. The molecule has 4 atom stereocenters. The normalized spacial score (nSPS) is 19.3. The maximum atomic E-state index is 14.0. The van der Waals surface area contributed by atoms with Crippen LogP contribution in [0.3, 0.4) is 0 Å². The SMILES string of the molecule is C=C1NC(=O)[C@H](C(C)C)NC(=O)[C@@H]([C@H](C)CC)NC(=O)c2nc(oc2-c2ccccc2)-c2coc(n2)C(CO)NC(=O)c2coc(n2)-c2coc1n2. The smallest absolute Gasteiger partial charge is 0.274 e. The number of benzene rings is 1. The fourth-order valence-electron chi connectivity index (χ4n) is 5.31. The molecule has 1 aliphatic heterocycles. The number of carbonyl (C=O) groups excluding carboxylic acids is 4. The molecule has 4 amide bonds. The lowest BCUT2D eigenvalue weighted by molar-refractivity contribution is -0.131. The zero-order valence-electron chi connectivity index (χ0n) is 28.6. The minimum Gasteiger partial charge on any atom is -0.446 e. The number of aliphatic hydroxyl groups excluding tert-OH is 1. The zero-order valence-corrected chi connectivity index (χ0v) is 28.6. The summed E-state index contributed by atoms with van der Waals surface area (Å²) in [5.74, 6) is -3.69. The van der Waals surface area contributed by atoms with E-state index >= 15 is 0 Å². The number of nitrogens with zero attached hydrogens (tertiary/aromatic N) is 4. The van der Waals surface area contributed by atoms with Gasteiger partial charge in [0.2, 0.25) is 35.4 Å². The standard InChI is InChI=1S/C35H36N8O9/c1-6-17(4)25-30(47)41-24(16(2)3)29(46)36-18(5)32-39-22(14-49-32)34-38-21(13-50-34)28(45)37-20(12-44)33-40-23(15-51-33)35-43-26(31(48)42-25)27(52-35)19-10-8-7-9-11-19/h7-11,13-17,20,24-25,44H,5-6,12H2,1-4H3,(H,36,46)(H,37,45)(H,41,47)(H,42,48)/t17-,20?,24+,25-/m1/s1. The third-order valence-corrected chi connectivity index (χ3v) is 8.43. The molecular weight excluding hydrogens is 676 g/mol. The molecule has 0 fully saturated rings. The van der Waals surface area contributed by atoms with E-state index < -0.39 is 48.4 Å². The maximum absolute atomic E-state index is 14.0. The molecule has 17 nitrogen and oxygen atoms in total. The zero-order chi connectivity index (χ0) is 37.1. The molecule has 8 bridgehead atoms. The van der Waals surface area contributed by atoms with Gasteiger partial charge in [-0.15, -0.1) is 0 Å². The summed E-state index contributed by atoms with van der Waals surface area (Å²) >= 11 is 0. The van der Waals surface area contributed by atoms with Crippen LogP contribution in [0.5, 0.6) is 0 Å². The Balaban J connectivity index is 1.42. The Morgan fingerprint density at radius 3 is 2.15 bits per heavy atom. The van der Waals surface area contributed by atoms with Crippen molar-refractivity contribution in [2.24, 2.45) is 11.8 Å². The lowest BCUT2D eigenvalue weighted by Crippen LogP contribution is -2.57. The van der Waals surface area contributed by atoms with Crippen molar-refractivity contribution in [1.82, 2.24) is 41.2 Å². The molecule has 0 saturated heterocycles. The van der Waals surface area contributed by atoms with Gasteiger partial charge in [-0.3, -0.25) is 19.2 Å². The molecule has 1 unspecified atom stereocenters. The molecule has 5 N–H and O–H groups in total. The van der Waals surface area contributed by atoms with E-state index in [1.807, 2.05) is 6.92 Å². The van der Waals surface area contributed by atoms with Crippen LogP contribution in [-0.4, -0.2) is 67.4 Å². The van der Waals surface area contributed by atoms with Gasteiger partial charge in [-0.25, -0.2) is 19.9 Å². The second-order valence-electron chi connectivity index (χ2n) is 12.5. The Morgan fingerprint density at radius 2 is 1.44 bits per heavy atom. The second-order valence-corrected chi connectivity index (χ2v) is 12.5. The molecule has 1 aliphatic rings. The minimum absolute atomic E-state index is 0.0201. The van der Waals surface area contributed by atoms with E-state index in [-0.39, 0.29) is 69.6 Å². The van der Waals surface area contributed by atoms with E-state index in [1.165, 1.54) is 12.5 Å². The van der Waals surface area contributed by atoms with Crippen LogP contribution in [0.4, 0.5) is 0 Å². The Labute approximate surface area is 296 Å². The first-order valence-electron chi connectivity index (χ1n) is 16.4. The number of aromatic nitrogens is 4. The minimum atomic E-state index is -1.13. The van der Waals surface area contributed by atoms with E-state index in [0.29, 0.717) is 12.0 Å². The van der Waals surface area contributed by atoms with Crippen LogP contribution in [0.25, 0.3) is 40.2 Å². The number of hydrogen-bond acceptors (Lipinski definition) is 13. The molecule has 0 radical (unpaired) electrons. The van der Waals surface area contributed by atoms with Gasteiger partial charge < -0.3 is 44.0 Å². The first-order valence-corrected chi connectivity index (χ1v) is 16.4. The highest BCUT2D eigenvalue weighted by Crippen LogP contribution is 2.31. The molecule has 1 aromatic carbocycles. The molecule has 52 heavy (non-hydrogen) atoms. The van der Waals surface area contributed by atoms with Crippen LogP contribution in [0.2, 0.25) is 0 Å². The lowest BCUT2D eigenvalue weighted by Gasteiger charge is -2.27. The monoisotopic (exact) mass is 712 g/mol. The van der Waals surface area contributed by atoms with Crippen molar-refractivity contribution < 1.29 is 42.0 Å². The first-order chi connectivity index (χ1) is 25.0. The second kappa shape index (κ2) is 14.9. The molecule has 5 heterocycles. The van der Waals surface area contributed by atoms with E-state index in [4.69, 9.17) is 17.7 Å². The van der Waals surface area contributed by atoms with Crippen molar-refractivity contribution in [2.75, 3.05) is 6.61 Å². The molecule has 0 spiro atoms. The summed E-state index contributed by atoms with van der Waals surface area (Å²) in [6, 6.07) is 5.46. The van der Waals surface area contributed by atoms with E-state index in [0.717, 1.165) is 6.26 Å². The van der Waals surface area contributed by atoms with Gasteiger partial charge >= 0.3 is 0 Å². The van der Waals surface area contributed by atoms with Gasteiger partial charge in [0, 0.05) is 5.56 Å². The summed E-state index contributed by atoms with van der Waals surface area (Å²) in [6.07, 6.45) is 3.99. The number of fused-ring (bicyclic) bond motifs is 10. The molecule has 0 saturated carbocycles. The fourth-order valence-corrected chi connectivity index (χ4v) is 5.31. The molecule has 0 aliphatic carbocycles. The molecule has 6 rings (SSSR count). The van der Waals surface area contributed by atoms with E-state index in [1.54, 1.807) is 51.1 Å². The largest absolute Gasteiger partial charge is 0.446 e. The van der Waals surface area contributed by atoms with Crippen molar-refractivity contribution in [3.8, 4) is 34.5 Å². The summed E-state index contributed by atoms with van der Waals surface area (Å²) in [4.78, 5) is 71.7. The summed E-state index contributed by atoms with van der Waals surface area (Å²) in [6.45, 7) is 10.4. The van der Waals surface area contributed by atoms with Gasteiger partial charge in [0.25, 0.3) is 11.8 Å². The molecule has 4 aromatic heterocycles. The number of amides is 4. The Hall–Kier alpha value is -6.36. The maximum Gasteiger partial charge on any atom is 0.274 e. The van der Waals surface area contributed by atoms with Crippen molar-refractivity contribution >= 4 is 29.3 Å². The number of carbonyl (C=O) groups is 4. The van der Waals surface area contributed by atoms with Crippen molar-refractivity contribution in [1.29, 1.82) is 0 Å². The highest BCUT2D eigenvalue weighted by atomic mass is 16.4. The van der Waals surface area contributed by atoms with Crippen LogP contribution in [0.1, 0.15) is 72.9 Å². The number of oxazole rings is 4. The average Bonchev–Trinajstić information content (AvgIpc) is 3.97. The predicted molar refractivity (Wildman–Crippen MR) is 181 cm³/mol. The van der Waals surface area contributed by atoms with Gasteiger partial charge in [-0.05, 0) is 11.8 Å². The van der Waals surface area contributed by atoms with Crippen LogP contribution in [0.15, 0.2) is 73.4 Å². The topological polar surface area (TPSA) is 241 Å². The molecular formula is C35H36N8O9. The van der Waals surface area contributed by atoms with Crippen LogP contribution in [0, 0.1) is 11.8 Å². The van der Waals surface area contributed by atoms with Crippen molar-refractivity contribution in [3.05, 3.63) is 78.9 Å². The number of hydrogen-bond donors (Lipinski definition) is 5. The summed E-state index contributed by atoms with van der Waals surface area (Å²) in [5, 5.41) is 20.9. The van der Waals surface area contributed by atoms with Crippen LogP contribution in [-0.2, 0) is 9.59 Å². The predicted octanol–water partition coefficient (Wildman–Crippen LogP) is 3.49. The molecule has 270 valence electrons. The highest BCUT2D eigenvalue weighted by Gasteiger charge is 2.34. The summed E-state index contributed by atoms with van der Waals surface area (Å²) < 4.78 is 22.6. The van der Waals surface area contributed by atoms with E-state index in [2.05, 4.69) is 47.8 Å². The van der Waals surface area contributed by atoms with Crippen LogP contribution < -0.4 is 21.3 Å². The summed E-state index contributed by atoms with van der Waals surface area (Å²) in [7, 11) is 0. The van der Waals surface area contributed by atoms with Crippen molar-refractivity contribution in [2.45, 2.75) is 52.2 Å². The number of aliphatic hydroxyl groups is 1. The van der Waals surface area contributed by atoms with E-state index in [9.17, 15) is 24.3 Å². The lowest BCUT2D eigenvalue weighted by atomic mass is 9.96. The van der Waals surface area contributed by atoms with Gasteiger partial charge in [0.15, 0.2) is 28.5 Å². The third-order valence-electron chi connectivity index (χ3n) is 8.43. The Morgan fingerprint density at radius 1 is 0.769 bits per heavy atom. The highest BCUT2D eigenvalue weighted by molar-refractivity contribution is 6.01. The van der Waals surface area contributed by atoms with Crippen molar-refractivity contribution in [3.63, 3.8) is 0 Å². The summed E-state index contributed by atoms with van der Waals surface area (Å²) in [5.41, 5.74) is 0.342.